The predicted octanol–water partition coefficient (Wildman–Crippen LogP) is 3.73. The van der Waals surface area contributed by atoms with Crippen molar-refractivity contribution in [3.63, 3.8) is 0 Å². The number of hydrogen-bond donors (Lipinski definition) is 1. The maximum Gasteiger partial charge on any atom is 0.309 e. The van der Waals surface area contributed by atoms with Crippen LogP contribution in [0.2, 0.25) is 0 Å². The van der Waals surface area contributed by atoms with Crippen molar-refractivity contribution in [3.8, 4) is 0 Å². The average Bonchev–Trinajstić information content (AvgIpc) is 3.34. The quantitative estimate of drug-likeness (QED) is 0.719. The van der Waals surface area contributed by atoms with Gasteiger partial charge in [-0.3, -0.25) is 14.4 Å². The van der Waals surface area contributed by atoms with Gasteiger partial charge >= 0.3 is 5.97 Å². The fourth-order valence-electron chi connectivity index (χ4n) is 4.39. The van der Waals surface area contributed by atoms with E-state index in [9.17, 15) is 14.4 Å². The lowest BCUT2D eigenvalue weighted by atomic mass is 9.87. The van der Waals surface area contributed by atoms with Gasteiger partial charge in [-0.05, 0) is 61.6 Å². The molecule has 2 heterocycles. The number of piperidine rings is 1. The minimum Gasteiger partial charge on any atom is -0.452 e. The zero-order valence-electron chi connectivity index (χ0n) is 17.7. The molecule has 1 aromatic carbocycles. The van der Waals surface area contributed by atoms with Crippen LogP contribution in [0.5, 0.6) is 0 Å². The van der Waals surface area contributed by atoms with E-state index in [1.54, 1.807) is 11.8 Å². The molecule has 6 nitrogen and oxygen atoms in total. The number of thiophene rings is 1. The van der Waals surface area contributed by atoms with Gasteiger partial charge in [0.1, 0.15) is 0 Å². The molecular formula is C24H28N2O4S. The first kappa shape index (κ1) is 21.6. The number of esters is 1. The van der Waals surface area contributed by atoms with Crippen molar-refractivity contribution in [2.75, 3.05) is 13.1 Å². The van der Waals surface area contributed by atoms with Gasteiger partial charge in [0, 0.05) is 13.1 Å². The van der Waals surface area contributed by atoms with Crippen molar-refractivity contribution in [1.29, 1.82) is 0 Å². The Bertz CT molecular complexity index is 935. The number of ether oxygens (including phenoxy) is 1. The molecule has 0 radical (unpaired) electrons. The first-order valence-corrected chi connectivity index (χ1v) is 11.8. The number of carbonyl (C=O) groups excluding carboxylic acids is 3. The second kappa shape index (κ2) is 9.64. The molecule has 1 aliphatic heterocycles. The molecule has 2 unspecified atom stereocenters. The van der Waals surface area contributed by atoms with Gasteiger partial charge in [0.15, 0.2) is 6.10 Å². The molecule has 1 aromatic heterocycles. The van der Waals surface area contributed by atoms with Crippen LogP contribution in [0.1, 0.15) is 59.4 Å². The summed E-state index contributed by atoms with van der Waals surface area (Å²) in [4.78, 5) is 40.2. The highest BCUT2D eigenvalue weighted by atomic mass is 32.1. The van der Waals surface area contributed by atoms with Crippen LogP contribution in [0, 0.1) is 5.92 Å². The normalized spacial score (nSPS) is 19.9. The molecule has 0 saturated carbocycles. The summed E-state index contributed by atoms with van der Waals surface area (Å²) in [5.74, 6) is -0.879. The fourth-order valence-corrected chi connectivity index (χ4v) is 5.08. The molecular weight excluding hydrogens is 412 g/mol. The van der Waals surface area contributed by atoms with Crippen molar-refractivity contribution < 1.29 is 19.1 Å². The van der Waals surface area contributed by atoms with Crippen LogP contribution in [-0.4, -0.2) is 41.9 Å². The van der Waals surface area contributed by atoms with E-state index in [-0.39, 0.29) is 29.7 Å². The van der Waals surface area contributed by atoms with Crippen LogP contribution in [0.15, 0.2) is 41.8 Å². The fraction of sp³-hybridized carbons (Fsp3) is 0.458. The number of amides is 2. The Morgan fingerprint density at radius 1 is 1.10 bits per heavy atom. The summed E-state index contributed by atoms with van der Waals surface area (Å²) in [7, 11) is 0. The summed E-state index contributed by atoms with van der Waals surface area (Å²) in [5.41, 5.74) is 2.43. The third-order valence-corrected chi connectivity index (χ3v) is 7.05. The Kier molecular flexibility index (Phi) is 6.70. The summed E-state index contributed by atoms with van der Waals surface area (Å²) in [6, 6.07) is 11.8. The Balaban J connectivity index is 1.26. The molecule has 1 aliphatic carbocycles. The molecule has 2 aromatic rings. The minimum absolute atomic E-state index is 0.0160. The summed E-state index contributed by atoms with van der Waals surface area (Å²) in [6.07, 6.45) is 3.22. The van der Waals surface area contributed by atoms with E-state index in [2.05, 4.69) is 17.4 Å². The average molecular weight is 441 g/mol. The molecule has 2 amide bonds. The van der Waals surface area contributed by atoms with Crippen LogP contribution >= 0.6 is 11.3 Å². The van der Waals surface area contributed by atoms with E-state index < -0.39 is 6.10 Å². The maximum absolute atomic E-state index is 12.7. The van der Waals surface area contributed by atoms with Crippen molar-refractivity contribution in [3.05, 3.63) is 57.8 Å². The molecule has 1 saturated heterocycles. The van der Waals surface area contributed by atoms with E-state index in [1.807, 2.05) is 29.6 Å². The van der Waals surface area contributed by atoms with Crippen LogP contribution in [0.3, 0.4) is 0 Å². The monoisotopic (exact) mass is 440 g/mol. The number of benzene rings is 1. The predicted molar refractivity (Wildman–Crippen MR) is 119 cm³/mol. The van der Waals surface area contributed by atoms with Crippen molar-refractivity contribution >= 4 is 29.1 Å². The summed E-state index contributed by atoms with van der Waals surface area (Å²) in [6.45, 7) is 2.67. The number of hydrogen-bond acceptors (Lipinski definition) is 5. The van der Waals surface area contributed by atoms with Gasteiger partial charge in [0.2, 0.25) is 0 Å². The number of carbonyl (C=O) groups is 3. The Morgan fingerprint density at radius 3 is 2.61 bits per heavy atom. The van der Waals surface area contributed by atoms with E-state index in [1.165, 1.54) is 16.9 Å². The topological polar surface area (TPSA) is 75.7 Å². The molecule has 4 rings (SSSR count). The van der Waals surface area contributed by atoms with E-state index in [4.69, 9.17) is 4.74 Å². The van der Waals surface area contributed by atoms with E-state index >= 15 is 0 Å². The largest absolute Gasteiger partial charge is 0.452 e. The van der Waals surface area contributed by atoms with Crippen LogP contribution in [0.4, 0.5) is 0 Å². The highest BCUT2D eigenvalue weighted by molar-refractivity contribution is 7.12. The molecule has 1 N–H and O–H groups in total. The van der Waals surface area contributed by atoms with Gasteiger partial charge in [-0.25, -0.2) is 0 Å². The first-order chi connectivity index (χ1) is 15.0. The van der Waals surface area contributed by atoms with Gasteiger partial charge in [-0.15, -0.1) is 11.3 Å². The smallest absolute Gasteiger partial charge is 0.309 e. The number of aryl methyl sites for hydroxylation is 1. The number of nitrogens with zero attached hydrogens (tertiary/aromatic N) is 1. The van der Waals surface area contributed by atoms with Gasteiger partial charge in [-0.2, -0.15) is 0 Å². The molecule has 2 aliphatic rings. The summed E-state index contributed by atoms with van der Waals surface area (Å²) in [5, 5.41) is 4.94. The lowest BCUT2D eigenvalue weighted by molar-refractivity contribution is -0.160. The third kappa shape index (κ3) is 4.98. The number of rotatable bonds is 5. The second-order valence-electron chi connectivity index (χ2n) is 8.28. The molecule has 2 atom stereocenters. The summed E-state index contributed by atoms with van der Waals surface area (Å²) >= 11 is 1.43. The number of fused-ring (bicyclic) bond motifs is 1. The van der Waals surface area contributed by atoms with Crippen molar-refractivity contribution in [2.24, 2.45) is 5.92 Å². The van der Waals surface area contributed by atoms with Gasteiger partial charge < -0.3 is 15.0 Å². The zero-order chi connectivity index (χ0) is 21.8. The standard InChI is InChI=1S/C24H28N2O4S/c1-16(22(27)25-20-9-4-7-17-6-2-3-8-19(17)20)30-24(29)18-11-13-26(14-12-18)23(28)21-10-5-15-31-21/h2-3,5-6,8,10,15-16,18,20H,4,7,9,11-14H2,1H3,(H,25,27). The molecule has 7 heteroatoms. The Hall–Kier alpha value is -2.67. The highest BCUT2D eigenvalue weighted by Crippen LogP contribution is 2.29. The minimum atomic E-state index is -0.840. The van der Waals surface area contributed by atoms with E-state index in [0.29, 0.717) is 25.9 Å². The first-order valence-electron chi connectivity index (χ1n) is 10.9. The molecule has 0 bridgehead atoms. The SMILES string of the molecule is CC(OC(=O)C1CCN(C(=O)c2cccs2)CC1)C(=O)NC1CCCc2ccccc21. The maximum atomic E-state index is 12.7. The van der Waals surface area contributed by atoms with Crippen LogP contribution in [0.25, 0.3) is 0 Å². The third-order valence-electron chi connectivity index (χ3n) is 6.20. The zero-order valence-corrected chi connectivity index (χ0v) is 18.5. The molecule has 164 valence electrons. The lowest BCUT2D eigenvalue weighted by Gasteiger charge is -2.31. The van der Waals surface area contributed by atoms with E-state index in [0.717, 1.165) is 29.7 Å². The molecule has 31 heavy (non-hydrogen) atoms. The highest BCUT2D eigenvalue weighted by Gasteiger charge is 2.32. The summed E-state index contributed by atoms with van der Waals surface area (Å²) < 4.78 is 5.50. The van der Waals surface area contributed by atoms with Gasteiger partial charge in [0.05, 0.1) is 16.8 Å². The Labute approximate surface area is 186 Å². The van der Waals surface area contributed by atoms with Crippen molar-refractivity contribution in [2.45, 2.75) is 51.2 Å². The molecule has 0 spiro atoms. The van der Waals surface area contributed by atoms with Crippen LogP contribution in [-0.2, 0) is 20.7 Å². The Morgan fingerprint density at radius 2 is 1.87 bits per heavy atom. The number of likely N-dealkylation sites (tertiary alicyclic amines) is 1. The lowest BCUT2D eigenvalue weighted by Crippen LogP contribution is -2.43. The number of nitrogens with one attached hydrogen (secondary N) is 1. The van der Waals surface area contributed by atoms with Gasteiger partial charge in [0.25, 0.3) is 11.8 Å². The van der Waals surface area contributed by atoms with Crippen molar-refractivity contribution in [1.82, 2.24) is 10.2 Å². The molecule has 1 fully saturated rings. The van der Waals surface area contributed by atoms with Crippen LogP contribution < -0.4 is 5.32 Å². The van der Waals surface area contributed by atoms with Gasteiger partial charge in [-0.1, -0.05) is 30.3 Å². The second-order valence-corrected chi connectivity index (χ2v) is 9.22.